The second kappa shape index (κ2) is 12.7. The normalized spacial score (nSPS) is 13.4. The number of hydrogen-bond donors (Lipinski definition) is 0. The zero-order chi connectivity index (χ0) is 45.6. The van der Waals surface area contributed by atoms with Crippen LogP contribution in [0.5, 0.6) is 0 Å². The van der Waals surface area contributed by atoms with Crippen molar-refractivity contribution in [3.8, 4) is 16.8 Å². The predicted octanol–water partition coefficient (Wildman–Crippen LogP) is 17.2. The van der Waals surface area contributed by atoms with E-state index in [1.165, 1.54) is 126 Å². The molecule has 0 aliphatic carbocycles. The SMILES string of the molecule is CC(C)(C)c1ccc2c(c1)c1cc3ccccc3c3c4cc5c(nc4n2c13)c1cc(C(C)(C)C)cc2c3cc(C(C)(C)C)cc(-c4ccc6c(c4)c4ccccc4n6-c4ccccc4)c3n5c21. The van der Waals surface area contributed by atoms with Gasteiger partial charge in [-0.15, -0.1) is 0 Å². The number of rotatable bonds is 2. The van der Waals surface area contributed by atoms with E-state index in [0.29, 0.717) is 0 Å². The molecular formula is C63H52N4. The molecule has 67 heavy (non-hydrogen) atoms. The Bertz CT molecular complexity index is 4420. The first-order valence-electron chi connectivity index (χ1n) is 24.0. The molecular weight excluding hydrogens is 813 g/mol. The summed E-state index contributed by atoms with van der Waals surface area (Å²) in [6.45, 7) is 21.0. The van der Waals surface area contributed by atoms with Crippen molar-refractivity contribution in [2.45, 2.75) is 78.6 Å². The second-order valence-corrected chi connectivity index (χ2v) is 22.5. The minimum absolute atomic E-state index is 0.0301. The molecule has 4 heteroatoms. The van der Waals surface area contributed by atoms with Crippen molar-refractivity contribution in [3.05, 3.63) is 168 Å². The summed E-state index contributed by atoms with van der Waals surface area (Å²) in [6, 6.07) is 57.7. The van der Waals surface area contributed by atoms with Gasteiger partial charge in [-0.25, -0.2) is 4.98 Å². The Hall–Kier alpha value is -7.43. The Morgan fingerprint density at radius 2 is 0.970 bits per heavy atom. The summed E-state index contributed by atoms with van der Waals surface area (Å²) in [5.41, 5.74) is 18.1. The Morgan fingerprint density at radius 1 is 0.373 bits per heavy atom. The molecule has 0 aliphatic rings. The molecule has 6 heterocycles. The van der Waals surface area contributed by atoms with E-state index in [-0.39, 0.29) is 16.2 Å². The van der Waals surface area contributed by atoms with Gasteiger partial charge in [0.05, 0.1) is 44.1 Å². The average molecular weight is 865 g/mol. The fourth-order valence-electron chi connectivity index (χ4n) is 11.8. The number of hydrogen-bond acceptors (Lipinski definition) is 1. The van der Waals surface area contributed by atoms with E-state index < -0.39 is 0 Å². The van der Waals surface area contributed by atoms with Crippen molar-refractivity contribution >= 4 is 109 Å². The van der Waals surface area contributed by atoms with Crippen molar-refractivity contribution in [3.63, 3.8) is 0 Å². The van der Waals surface area contributed by atoms with Gasteiger partial charge in [0.1, 0.15) is 5.65 Å². The third-order valence-corrected chi connectivity index (χ3v) is 15.3. The van der Waals surface area contributed by atoms with E-state index in [4.69, 9.17) is 4.98 Å². The number of fused-ring (bicyclic) bond motifs is 17. The van der Waals surface area contributed by atoms with Crippen LogP contribution in [0.2, 0.25) is 0 Å². The van der Waals surface area contributed by atoms with Gasteiger partial charge in [-0.2, -0.15) is 0 Å². The molecule has 14 rings (SSSR count). The lowest BCUT2D eigenvalue weighted by Gasteiger charge is -2.22. The van der Waals surface area contributed by atoms with E-state index >= 15 is 0 Å². The first-order chi connectivity index (χ1) is 32.1. The summed E-state index contributed by atoms with van der Waals surface area (Å²) in [6.07, 6.45) is 0. The van der Waals surface area contributed by atoms with Crippen LogP contribution >= 0.6 is 0 Å². The van der Waals surface area contributed by atoms with Crippen molar-refractivity contribution in [2.75, 3.05) is 0 Å². The molecule has 0 N–H and O–H groups in total. The van der Waals surface area contributed by atoms with Gasteiger partial charge in [0, 0.05) is 59.7 Å². The molecule has 0 aliphatic heterocycles. The van der Waals surface area contributed by atoms with Gasteiger partial charge in [0.2, 0.25) is 0 Å². The molecule has 14 aromatic rings. The van der Waals surface area contributed by atoms with Crippen LogP contribution in [-0.2, 0) is 16.2 Å². The number of nitrogens with zero attached hydrogens (tertiary/aromatic N) is 4. The van der Waals surface area contributed by atoms with Gasteiger partial charge >= 0.3 is 0 Å². The highest BCUT2D eigenvalue weighted by molar-refractivity contribution is 6.33. The number of aromatic nitrogens is 4. The van der Waals surface area contributed by atoms with E-state index in [2.05, 4.69) is 227 Å². The minimum Gasteiger partial charge on any atom is -0.309 e. The molecule has 0 bridgehead atoms. The van der Waals surface area contributed by atoms with Crippen LogP contribution < -0.4 is 0 Å². The lowest BCUT2D eigenvalue weighted by molar-refractivity contribution is 0.591. The third kappa shape index (κ3) is 5.16. The van der Waals surface area contributed by atoms with Crippen molar-refractivity contribution in [1.82, 2.24) is 18.4 Å². The molecule has 6 aromatic heterocycles. The molecule has 8 aromatic carbocycles. The van der Waals surface area contributed by atoms with E-state index in [1.54, 1.807) is 0 Å². The van der Waals surface area contributed by atoms with Gasteiger partial charge in [-0.05, 0) is 128 Å². The van der Waals surface area contributed by atoms with Crippen LogP contribution in [0.25, 0.3) is 126 Å². The van der Waals surface area contributed by atoms with Gasteiger partial charge in [0.15, 0.2) is 0 Å². The molecule has 0 fully saturated rings. The highest BCUT2D eigenvalue weighted by Crippen LogP contribution is 2.49. The fraction of sp³-hybridized carbons (Fsp3) is 0.190. The van der Waals surface area contributed by atoms with Crippen LogP contribution in [0.1, 0.15) is 79.0 Å². The lowest BCUT2D eigenvalue weighted by Crippen LogP contribution is -2.11. The van der Waals surface area contributed by atoms with Gasteiger partial charge in [-0.1, -0.05) is 135 Å². The maximum Gasteiger partial charge on any atom is 0.146 e. The maximum absolute atomic E-state index is 5.92. The predicted molar refractivity (Wildman–Crippen MR) is 287 cm³/mol. The maximum atomic E-state index is 5.92. The number of pyridine rings is 1. The summed E-state index contributed by atoms with van der Waals surface area (Å²) < 4.78 is 7.49. The van der Waals surface area contributed by atoms with Crippen LogP contribution in [0.15, 0.2) is 152 Å². The first kappa shape index (κ1) is 38.8. The van der Waals surface area contributed by atoms with Gasteiger partial charge < -0.3 is 8.97 Å². The molecule has 324 valence electrons. The molecule has 0 unspecified atom stereocenters. The molecule has 0 amide bonds. The highest BCUT2D eigenvalue weighted by Gasteiger charge is 2.30. The second-order valence-electron chi connectivity index (χ2n) is 22.5. The number of benzene rings is 8. The quantitative estimate of drug-likeness (QED) is 0.170. The highest BCUT2D eigenvalue weighted by atomic mass is 15.0. The van der Waals surface area contributed by atoms with Crippen molar-refractivity contribution < 1.29 is 0 Å². The van der Waals surface area contributed by atoms with Crippen LogP contribution in [0.4, 0.5) is 0 Å². The lowest BCUT2D eigenvalue weighted by atomic mass is 9.83. The smallest absolute Gasteiger partial charge is 0.146 e. The average Bonchev–Trinajstić information content (AvgIpc) is 4.09. The zero-order valence-electron chi connectivity index (χ0n) is 39.7. The molecule has 0 saturated carbocycles. The summed E-state index contributed by atoms with van der Waals surface area (Å²) >= 11 is 0. The topological polar surface area (TPSA) is 26.6 Å². The number of para-hydroxylation sites is 2. The van der Waals surface area contributed by atoms with Crippen molar-refractivity contribution in [2.24, 2.45) is 0 Å². The van der Waals surface area contributed by atoms with Gasteiger partial charge in [-0.3, -0.25) is 4.40 Å². The molecule has 4 nitrogen and oxygen atoms in total. The molecule has 0 spiro atoms. The summed E-state index contributed by atoms with van der Waals surface area (Å²) in [5.74, 6) is 0. The van der Waals surface area contributed by atoms with Crippen molar-refractivity contribution in [1.29, 1.82) is 0 Å². The van der Waals surface area contributed by atoms with E-state index in [9.17, 15) is 0 Å². The fourth-order valence-corrected chi connectivity index (χ4v) is 11.8. The van der Waals surface area contributed by atoms with Crippen LogP contribution in [0.3, 0.4) is 0 Å². The Balaban J connectivity index is 1.16. The summed E-state index contributed by atoms with van der Waals surface area (Å²) in [5, 5.41) is 13.9. The van der Waals surface area contributed by atoms with E-state index in [1.807, 2.05) is 0 Å². The Labute approximate surface area is 389 Å². The van der Waals surface area contributed by atoms with Crippen LogP contribution in [0, 0.1) is 0 Å². The molecule has 0 saturated heterocycles. The van der Waals surface area contributed by atoms with Gasteiger partial charge in [0.25, 0.3) is 0 Å². The largest absolute Gasteiger partial charge is 0.309 e. The third-order valence-electron chi connectivity index (χ3n) is 15.3. The zero-order valence-corrected chi connectivity index (χ0v) is 39.7. The summed E-state index contributed by atoms with van der Waals surface area (Å²) in [7, 11) is 0. The Morgan fingerprint density at radius 3 is 1.73 bits per heavy atom. The first-order valence-corrected chi connectivity index (χ1v) is 24.0. The summed E-state index contributed by atoms with van der Waals surface area (Å²) in [4.78, 5) is 5.92. The van der Waals surface area contributed by atoms with E-state index in [0.717, 1.165) is 16.7 Å². The monoisotopic (exact) mass is 864 g/mol. The van der Waals surface area contributed by atoms with Crippen LogP contribution in [-0.4, -0.2) is 18.4 Å². The molecule has 0 atom stereocenters. The minimum atomic E-state index is -0.0801. The molecule has 0 radical (unpaired) electrons. The Kier molecular flexibility index (Phi) is 7.36. The standard InChI is InChI=1S/C63H52N4/c1-61(2,3)37-24-26-53-45(29-37)46-28-35-17-13-14-20-41(35)55-49-34-54-56(64-60(49)67(53)59(46)55)50-33-39(63(7,8)9)32-48-47-31-38(62(4,5)6)30-43(57(47)66(54)58(48)50)36-23-25-52-44(27-36)42-21-15-16-22-51(42)65(52)40-18-11-10-12-19-40/h10-34H,1-9H3.